The minimum atomic E-state index is -0.443. The lowest BCUT2D eigenvalue weighted by Gasteiger charge is -2.33. The number of carbonyl (C=O) groups is 1. The SMILES string of the molecule is CCCOc1cc2c(cc1C(C)=C(F)C=CC(C)=CC(=O)OCC)C(C(C)C)=CC(C)(C)O2. The maximum Gasteiger partial charge on any atom is 0.330 e. The van der Waals surface area contributed by atoms with Gasteiger partial charge in [-0.25, -0.2) is 9.18 Å². The van der Waals surface area contributed by atoms with Gasteiger partial charge < -0.3 is 14.2 Å². The summed E-state index contributed by atoms with van der Waals surface area (Å²) >= 11 is 0. The largest absolute Gasteiger partial charge is 0.493 e. The highest BCUT2D eigenvalue weighted by Gasteiger charge is 2.29. The first-order valence-electron chi connectivity index (χ1n) is 11.6. The molecular weight excluding hydrogens is 419 g/mol. The Bertz CT molecular complexity index is 993. The molecule has 1 aliphatic rings. The summed E-state index contributed by atoms with van der Waals surface area (Å²) in [5.41, 5.74) is 3.44. The Hall–Kier alpha value is -2.82. The van der Waals surface area contributed by atoms with E-state index in [0.717, 1.165) is 17.7 Å². The van der Waals surface area contributed by atoms with Gasteiger partial charge in [0.1, 0.15) is 22.9 Å². The third-order valence-electron chi connectivity index (χ3n) is 5.24. The molecule has 5 heteroatoms. The molecule has 2 rings (SSSR count). The molecule has 0 saturated carbocycles. The van der Waals surface area contributed by atoms with Crippen molar-refractivity contribution in [3.8, 4) is 11.5 Å². The van der Waals surface area contributed by atoms with Crippen molar-refractivity contribution in [2.24, 2.45) is 5.92 Å². The summed E-state index contributed by atoms with van der Waals surface area (Å²) in [6.07, 6.45) is 7.24. The lowest BCUT2D eigenvalue weighted by Crippen LogP contribution is -2.30. The van der Waals surface area contributed by atoms with Crippen molar-refractivity contribution in [3.63, 3.8) is 0 Å². The number of halogens is 1. The molecule has 0 aliphatic carbocycles. The van der Waals surface area contributed by atoms with Crippen LogP contribution < -0.4 is 9.47 Å². The van der Waals surface area contributed by atoms with E-state index in [1.165, 1.54) is 17.7 Å². The van der Waals surface area contributed by atoms with Gasteiger partial charge in [0.25, 0.3) is 0 Å². The molecule has 1 heterocycles. The summed E-state index contributed by atoms with van der Waals surface area (Å²) in [6, 6.07) is 3.84. The van der Waals surface area contributed by atoms with Crippen LogP contribution in [0.1, 0.15) is 72.9 Å². The van der Waals surface area contributed by atoms with E-state index in [1.807, 2.05) is 32.9 Å². The topological polar surface area (TPSA) is 44.8 Å². The molecule has 0 fully saturated rings. The van der Waals surface area contributed by atoms with E-state index in [1.54, 1.807) is 26.8 Å². The quantitative estimate of drug-likeness (QED) is 0.220. The Balaban J connectivity index is 2.54. The number of ether oxygens (including phenoxy) is 3. The maximum absolute atomic E-state index is 15.2. The molecule has 0 spiro atoms. The average molecular weight is 457 g/mol. The van der Waals surface area contributed by atoms with Crippen LogP contribution in [-0.2, 0) is 9.53 Å². The average Bonchev–Trinajstić information content (AvgIpc) is 2.73. The van der Waals surface area contributed by atoms with E-state index in [-0.39, 0.29) is 5.92 Å². The highest BCUT2D eigenvalue weighted by atomic mass is 19.1. The summed E-state index contributed by atoms with van der Waals surface area (Å²) < 4.78 is 32.3. The number of benzene rings is 1. The fraction of sp³-hybridized carbons (Fsp3) is 0.464. The number of allylic oxidation sites excluding steroid dienone is 6. The molecule has 0 atom stereocenters. The van der Waals surface area contributed by atoms with E-state index in [9.17, 15) is 4.79 Å². The lowest BCUT2D eigenvalue weighted by molar-refractivity contribution is -0.137. The second kappa shape index (κ2) is 11.4. The Morgan fingerprint density at radius 1 is 1.18 bits per heavy atom. The molecule has 0 unspecified atom stereocenters. The molecule has 1 aromatic rings. The summed E-state index contributed by atoms with van der Waals surface area (Å²) in [7, 11) is 0. The molecule has 0 saturated heterocycles. The van der Waals surface area contributed by atoms with Gasteiger partial charge in [-0.05, 0) is 81.9 Å². The summed E-state index contributed by atoms with van der Waals surface area (Å²) in [5, 5.41) is 0. The van der Waals surface area contributed by atoms with Gasteiger partial charge in [0.05, 0.1) is 13.2 Å². The van der Waals surface area contributed by atoms with Gasteiger partial charge in [-0.1, -0.05) is 26.8 Å². The highest BCUT2D eigenvalue weighted by Crippen LogP contribution is 2.44. The number of hydrogen-bond donors (Lipinski definition) is 0. The minimum absolute atomic E-state index is 0.284. The molecule has 0 bridgehead atoms. The first kappa shape index (κ1) is 26.4. The molecule has 33 heavy (non-hydrogen) atoms. The zero-order valence-corrected chi connectivity index (χ0v) is 21.2. The smallest absolute Gasteiger partial charge is 0.330 e. The van der Waals surface area contributed by atoms with Gasteiger partial charge in [-0.15, -0.1) is 0 Å². The van der Waals surface area contributed by atoms with Crippen molar-refractivity contribution in [1.29, 1.82) is 0 Å². The van der Waals surface area contributed by atoms with Crippen LogP contribution in [0.2, 0.25) is 0 Å². The zero-order chi connectivity index (χ0) is 24.8. The number of rotatable bonds is 9. The van der Waals surface area contributed by atoms with Crippen LogP contribution in [0.4, 0.5) is 4.39 Å². The second-order valence-electron chi connectivity index (χ2n) is 9.10. The van der Waals surface area contributed by atoms with Crippen LogP contribution in [0.25, 0.3) is 11.1 Å². The third-order valence-corrected chi connectivity index (χ3v) is 5.24. The Kier molecular flexibility index (Phi) is 9.09. The Morgan fingerprint density at radius 3 is 2.48 bits per heavy atom. The van der Waals surface area contributed by atoms with E-state index in [2.05, 4.69) is 19.9 Å². The third kappa shape index (κ3) is 7.08. The Labute approximate surface area is 197 Å². The molecule has 180 valence electrons. The van der Waals surface area contributed by atoms with Crippen LogP contribution in [0.3, 0.4) is 0 Å². The van der Waals surface area contributed by atoms with Gasteiger partial charge in [0.2, 0.25) is 0 Å². The normalized spacial score (nSPS) is 16.2. The van der Waals surface area contributed by atoms with E-state index in [4.69, 9.17) is 14.2 Å². The van der Waals surface area contributed by atoms with Crippen molar-refractivity contribution in [2.45, 2.75) is 67.4 Å². The molecule has 1 aromatic carbocycles. The van der Waals surface area contributed by atoms with Gasteiger partial charge in [-0.2, -0.15) is 0 Å². The van der Waals surface area contributed by atoms with Crippen LogP contribution >= 0.6 is 0 Å². The van der Waals surface area contributed by atoms with Crippen molar-refractivity contribution in [3.05, 3.63) is 59.0 Å². The lowest BCUT2D eigenvalue weighted by atomic mass is 9.86. The van der Waals surface area contributed by atoms with E-state index in [0.29, 0.717) is 35.7 Å². The van der Waals surface area contributed by atoms with Gasteiger partial charge >= 0.3 is 5.97 Å². The van der Waals surface area contributed by atoms with Crippen molar-refractivity contribution in [1.82, 2.24) is 0 Å². The van der Waals surface area contributed by atoms with Crippen molar-refractivity contribution < 1.29 is 23.4 Å². The molecular formula is C28H37FO4. The first-order valence-corrected chi connectivity index (χ1v) is 11.6. The summed E-state index contributed by atoms with van der Waals surface area (Å²) in [6.45, 7) is 16.4. The van der Waals surface area contributed by atoms with E-state index < -0.39 is 17.4 Å². The number of fused-ring (bicyclic) bond motifs is 1. The predicted molar refractivity (Wildman–Crippen MR) is 133 cm³/mol. The van der Waals surface area contributed by atoms with Crippen molar-refractivity contribution in [2.75, 3.05) is 13.2 Å². The standard InChI is InChI=1S/C28H37FO4/c1-9-13-32-25-16-26-22(23(18(3)4)17-28(7,8)33-26)15-21(25)20(6)24(29)12-11-19(5)14-27(30)31-10-2/h11-12,14-18H,9-10,13H2,1-8H3. The summed E-state index contributed by atoms with van der Waals surface area (Å²) in [5.74, 6) is 0.780. The molecule has 4 nitrogen and oxygen atoms in total. The minimum Gasteiger partial charge on any atom is -0.493 e. The number of carbonyl (C=O) groups excluding carboxylic acids is 1. The molecule has 0 N–H and O–H groups in total. The van der Waals surface area contributed by atoms with Crippen LogP contribution in [0.5, 0.6) is 11.5 Å². The molecule has 0 aromatic heterocycles. The molecule has 1 aliphatic heterocycles. The molecule has 0 radical (unpaired) electrons. The molecule has 0 amide bonds. The fourth-order valence-electron chi connectivity index (χ4n) is 3.61. The maximum atomic E-state index is 15.2. The Morgan fingerprint density at radius 2 is 1.88 bits per heavy atom. The van der Waals surface area contributed by atoms with E-state index >= 15 is 4.39 Å². The highest BCUT2D eigenvalue weighted by molar-refractivity contribution is 5.84. The summed E-state index contributed by atoms with van der Waals surface area (Å²) in [4.78, 5) is 11.6. The van der Waals surface area contributed by atoms with Gasteiger partial charge in [0.15, 0.2) is 0 Å². The van der Waals surface area contributed by atoms with Crippen LogP contribution in [0, 0.1) is 5.92 Å². The number of esters is 1. The van der Waals surface area contributed by atoms with Crippen molar-refractivity contribution >= 4 is 17.1 Å². The van der Waals surface area contributed by atoms with Crippen LogP contribution in [-0.4, -0.2) is 24.8 Å². The van der Waals surface area contributed by atoms with Crippen LogP contribution in [0.15, 0.2) is 47.8 Å². The predicted octanol–water partition coefficient (Wildman–Crippen LogP) is 7.45. The number of hydrogen-bond acceptors (Lipinski definition) is 4. The van der Waals surface area contributed by atoms with Gasteiger partial charge in [0, 0.05) is 23.3 Å². The second-order valence-corrected chi connectivity index (χ2v) is 9.10. The van der Waals surface area contributed by atoms with Gasteiger partial charge in [-0.3, -0.25) is 0 Å². The first-order chi connectivity index (χ1) is 15.5. The fourth-order valence-corrected chi connectivity index (χ4v) is 3.61. The monoisotopic (exact) mass is 456 g/mol. The zero-order valence-electron chi connectivity index (χ0n) is 21.2.